The molecule has 0 saturated carbocycles. The van der Waals surface area contributed by atoms with Crippen LogP contribution in [-0.2, 0) is 25.6 Å². The Kier molecular flexibility index (Phi) is 8.80. The second-order valence-electron chi connectivity index (χ2n) is 9.61. The average Bonchev–Trinajstić information content (AvgIpc) is 3.47. The number of nitro groups is 1. The number of ether oxygens (including phenoxy) is 2. The Bertz CT molecular complexity index is 1440. The summed E-state index contributed by atoms with van der Waals surface area (Å²) < 4.78 is 16.4. The first-order valence-corrected chi connectivity index (χ1v) is 12.7. The number of benzene rings is 2. The van der Waals surface area contributed by atoms with Crippen molar-refractivity contribution in [2.75, 3.05) is 20.7 Å². The lowest BCUT2D eigenvalue weighted by Crippen LogP contribution is -2.34. The summed E-state index contributed by atoms with van der Waals surface area (Å²) in [5.74, 6) is -2.28. The minimum absolute atomic E-state index is 0.158. The van der Waals surface area contributed by atoms with Gasteiger partial charge >= 0.3 is 11.9 Å². The predicted molar refractivity (Wildman–Crippen MR) is 147 cm³/mol. The molecule has 2 heterocycles. The number of dihydropyridines is 1. The Balaban J connectivity index is 1.69. The molecule has 1 N–H and O–H groups in total. The van der Waals surface area contributed by atoms with Gasteiger partial charge in [0.1, 0.15) is 6.10 Å². The molecule has 40 heavy (non-hydrogen) atoms. The first-order valence-electron chi connectivity index (χ1n) is 12.7. The van der Waals surface area contributed by atoms with Crippen LogP contribution in [0.1, 0.15) is 42.6 Å². The number of nitrogens with one attached hydrogen (secondary N) is 1. The van der Waals surface area contributed by atoms with Crippen LogP contribution in [0.25, 0.3) is 0 Å². The minimum Gasteiger partial charge on any atom is -0.472 e. The van der Waals surface area contributed by atoms with Crippen molar-refractivity contribution in [1.82, 2.24) is 10.2 Å². The van der Waals surface area contributed by atoms with E-state index < -0.39 is 28.9 Å². The number of hydrogen-bond acceptors (Lipinski definition) is 9. The van der Waals surface area contributed by atoms with Gasteiger partial charge in [-0.05, 0) is 38.1 Å². The van der Waals surface area contributed by atoms with E-state index in [0.717, 1.165) is 5.56 Å². The molecule has 0 bridgehead atoms. The number of furan rings is 1. The van der Waals surface area contributed by atoms with Crippen LogP contribution in [0, 0.1) is 10.1 Å². The Labute approximate surface area is 232 Å². The van der Waals surface area contributed by atoms with Crippen LogP contribution >= 0.6 is 0 Å². The van der Waals surface area contributed by atoms with Crippen molar-refractivity contribution >= 4 is 17.6 Å². The Morgan fingerprint density at radius 1 is 1.05 bits per heavy atom. The van der Waals surface area contributed by atoms with E-state index in [0.29, 0.717) is 35.6 Å². The van der Waals surface area contributed by atoms with Crippen molar-refractivity contribution in [3.8, 4) is 0 Å². The van der Waals surface area contributed by atoms with Gasteiger partial charge < -0.3 is 19.2 Å². The van der Waals surface area contributed by atoms with Crippen molar-refractivity contribution in [3.05, 3.63) is 123 Å². The number of allylic oxidation sites excluding steroid dienone is 2. The molecule has 208 valence electrons. The smallest absolute Gasteiger partial charge is 0.337 e. The summed E-state index contributed by atoms with van der Waals surface area (Å²) in [5.41, 5.74) is 3.27. The second kappa shape index (κ2) is 12.4. The van der Waals surface area contributed by atoms with E-state index in [4.69, 9.17) is 13.9 Å². The summed E-state index contributed by atoms with van der Waals surface area (Å²) in [7, 11) is 3.17. The Hall–Kier alpha value is -4.70. The number of hydrogen-bond donors (Lipinski definition) is 1. The summed E-state index contributed by atoms with van der Waals surface area (Å²) in [4.78, 5) is 39.9. The molecule has 1 aliphatic rings. The third kappa shape index (κ3) is 6.29. The largest absolute Gasteiger partial charge is 0.472 e. The molecule has 0 aliphatic carbocycles. The van der Waals surface area contributed by atoms with Crippen LogP contribution in [0.5, 0.6) is 0 Å². The van der Waals surface area contributed by atoms with Crippen LogP contribution in [0.4, 0.5) is 5.69 Å². The lowest BCUT2D eigenvalue weighted by molar-refractivity contribution is -0.384. The minimum atomic E-state index is -0.951. The molecule has 3 aromatic rings. The van der Waals surface area contributed by atoms with Gasteiger partial charge in [0, 0.05) is 42.2 Å². The van der Waals surface area contributed by atoms with Crippen LogP contribution in [0.15, 0.2) is 100 Å². The molecule has 0 radical (unpaired) electrons. The first kappa shape index (κ1) is 28.3. The molecule has 10 heteroatoms. The molecular weight excluding hydrogens is 514 g/mol. The first-order chi connectivity index (χ1) is 19.2. The van der Waals surface area contributed by atoms with E-state index in [-0.39, 0.29) is 16.8 Å². The average molecular weight is 546 g/mol. The molecular formula is C30H31N3O7. The maximum atomic E-state index is 13.9. The fourth-order valence-electron chi connectivity index (χ4n) is 4.90. The third-order valence-electron chi connectivity index (χ3n) is 6.74. The molecule has 1 aliphatic heterocycles. The van der Waals surface area contributed by atoms with Gasteiger partial charge in [0.15, 0.2) is 0 Å². The Morgan fingerprint density at radius 3 is 2.38 bits per heavy atom. The number of methoxy groups -OCH3 is 1. The van der Waals surface area contributed by atoms with Gasteiger partial charge in [0.2, 0.25) is 0 Å². The molecule has 2 atom stereocenters. The molecule has 2 unspecified atom stereocenters. The van der Waals surface area contributed by atoms with E-state index in [9.17, 15) is 19.7 Å². The molecule has 2 aromatic carbocycles. The second-order valence-corrected chi connectivity index (χ2v) is 9.61. The number of non-ortho nitro benzene ring substituents is 1. The van der Waals surface area contributed by atoms with Gasteiger partial charge in [-0.25, -0.2) is 9.59 Å². The monoisotopic (exact) mass is 545 g/mol. The van der Waals surface area contributed by atoms with E-state index in [1.54, 1.807) is 26.0 Å². The zero-order valence-corrected chi connectivity index (χ0v) is 22.7. The van der Waals surface area contributed by atoms with E-state index in [1.807, 2.05) is 42.3 Å². The lowest BCUT2D eigenvalue weighted by Gasteiger charge is -2.31. The summed E-state index contributed by atoms with van der Waals surface area (Å²) in [6.07, 6.45) is 2.34. The van der Waals surface area contributed by atoms with Crippen molar-refractivity contribution in [3.63, 3.8) is 0 Å². The number of carbonyl (C=O) groups excluding carboxylic acids is 2. The maximum Gasteiger partial charge on any atom is 0.337 e. The molecule has 0 fully saturated rings. The molecule has 10 nitrogen and oxygen atoms in total. The van der Waals surface area contributed by atoms with Gasteiger partial charge in [-0.1, -0.05) is 42.5 Å². The molecule has 0 spiro atoms. The van der Waals surface area contributed by atoms with E-state index in [1.165, 1.54) is 37.8 Å². The Morgan fingerprint density at radius 2 is 1.75 bits per heavy atom. The standard InChI is InChI=1S/C30H31N3O7/c1-19-26(29(34)38-4)28(22-11-8-12-24(15-22)33(36)37)27(20(2)31-19)30(35)40-25(23-13-14-39-18-23)17-32(3)16-21-9-6-5-7-10-21/h5-15,18,25,28,31H,16-17H2,1-4H3. The molecule has 1 aromatic heterocycles. The molecule has 0 amide bonds. The van der Waals surface area contributed by atoms with E-state index in [2.05, 4.69) is 5.32 Å². The maximum absolute atomic E-state index is 13.9. The van der Waals surface area contributed by atoms with Crippen molar-refractivity contribution in [2.24, 2.45) is 0 Å². The van der Waals surface area contributed by atoms with E-state index >= 15 is 0 Å². The van der Waals surface area contributed by atoms with Crippen LogP contribution in [0.2, 0.25) is 0 Å². The molecule has 4 rings (SSSR count). The van der Waals surface area contributed by atoms with Gasteiger partial charge in [-0.3, -0.25) is 15.0 Å². The lowest BCUT2D eigenvalue weighted by atomic mass is 9.80. The number of nitrogens with zero attached hydrogens (tertiary/aromatic N) is 2. The third-order valence-corrected chi connectivity index (χ3v) is 6.74. The number of rotatable bonds is 10. The highest BCUT2D eigenvalue weighted by Gasteiger charge is 2.39. The highest BCUT2D eigenvalue weighted by Crippen LogP contribution is 2.40. The fourth-order valence-corrected chi connectivity index (χ4v) is 4.90. The van der Waals surface area contributed by atoms with Crippen molar-refractivity contribution in [2.45, 2.75) is 32.4 Å². The summed E-state index contributed by atoms with van der Waals surface area (Å²) in [5, 5.41) is 14.6. The molecule has 0 saturated heterocycles. The number of esters is 2. The highest BCUT2D eigenvalue weighted by molar-refractivity contribution is 6.00. The number of likely N-dealkylation sites (N-methyl/N-ethyl adjacent to an activating group) is 1. The van der Waals surface area contributed by atoms with Gasteiger partial charge in [0.05, 0.1) is 41.6 Å². The van der Waals surface area contributed by atoms with Crippen molar-refractivity contribution in [1.29, 1.82) is 0 Å². The topological polar surface area (TPSA) is 124 Å². The fraction of sp³-hybridized carbons (Fsp3) is 0.267. The zero-order chi connectivity index (χ0) is 28.8. The summed E-state index contributed by atoms with van der Waals surface area (Å²) in [6.45, 7) is 4.38. The number of nitro benzene ring substituents is 1. The SMILES string of the molecule is COC(=O)C1=C(C)NC(C)=C(C(=O)OC(CN(C)Cc2ccccc2)c2ccoc2)C1c1cccc([N+](=O)[O-])c1. The van der Waals surface area contributed by atoms with Crippen molar-refractivity contribution < 1.29 is 28.4 Å². The summed E-state index contributed by atoms with van der Waals surface area (Å²) in [6, 6.07) is 17.5. The van der Waals surface area contributed by atoms with Gasteiger partial charge in [-0.15, -0.1) is 0 Å². The van der Waals surface area contributed by atoms with Gasteiger partial charge in [-0.2, -0.15) is 0 Å². The normalized spacial score (nSPS) is 16.0. The van der Waals surface area contributed by atoms with Crippen LogP contribution in [0.3, 0.4) is 0 Å². The predicted octanol–water partition coefficient (Wildman–Crippen LogP) is 5.01. The number of carbonyl (C=O) groups is 2. The van der Waals surface area contributed by atoms with Gasteiger partial charge in [0.25, 0.3) is 5.69 Å². The summed E-state index contributed by atoms with van der Waals surface area (Å²) >= 11 is 0. The highest BCUT2D eigenvalue weighted by atomic mass is 16.6. The quantitative estimate of drug-likeness (QED) is 0.213. The van der Waals surface area contributed by atoms with Crippen LogP contribution < -0.4 is 5.32 Å². The van der Waals surface area contributed by atoms with Crippen LogP contribution in [-0.4, -0.2) is 42.5 Å². The zero-order valence-electron chi connectivity index (χ0n) is 22.7.